The van der Waals surface area contributed by atoms with Crippen molar-refractivity contribution in [3.8, 4) is 11.3 Å². The van der Waals surface area contributed by atoms with Gasteiger partial charge in [0.05, 0.1) is 30.4 Å². The van der Waals surface area contributed by atoms with Crippen LogP contribution >= 0.6 is 11.6 Å². The highest BCUT2D eigenvalue weighted by Gasteiger charge is 2.23. The number of rotatable bonds is 8. The van der Waals surface area contributed by atoms with Gasteiger partial charge in [-0.05, 0) is 18.2 Å². The third-order valence-electron chi connectivity index (χ3n) is 4.26. The number of carbonyl (C=O) groups excluding carboxylic acids is 2. The van der Waals surface area contributed by atoms with Crippen LogP contribution in [0.15, 0.2) is 40.6 Å². The maximum Gasteiger partial charge on any atom is 0.254 e. The highest BCUT2D eigenvalue weighted by Crippen LogP contribution is 2.30. The van der Waals surface area contributed by atoms with Crippen LogP contribution in [0.1, 0.15) is 20.8 Å². The van der Waals surface area contributed by atoms with Crippen molar-refractivity contribution < 1.29 is 14.7 Å². The molecule has 10 nitrogen and oxygen atoms in total. The molecule has 0 fully saturated rings. The molecule has 1 unspecified atom stereocenters. The normalized spacial score (nSPS) is 12.2. The summed E-state index contributed by atoms with van der Waals surface area (Å²) in [7, 11) is 0. The van der Waals surface area contributed by atoms with Gasteiger partial charge in [-0.25, -0.2) is 4.98 Å². The molecule has 2 rings (SSSR count). The number of amides is 2. The van der Waals surface area contributed by atoms with Crippen molar-refractivity contribution in [2.75, 3.05) is 18.5 Å². The van der Waals surface area contributed by atoms with Crippen LogP contribution in [0.25, 0.3) is 11.3 Å². The van der Waals surface area contributed by atoms with Crippen molar-refractivity contribution in [1.82, 2.24) is 14.9 Å². The lowest BCUT2D eigenvalue weighted by atomic mass is 9.95. The molecule has 1 aromatic carbocycles. The standard InChI is InChI=1S/C20H24ClN5O5/c1-20(2,3)19(30)25-16-6-12(21)4-5-14(16)15-7-18(29)26(11-22-15)9-17(28)24-13(10-27)8-23-31/h4-7,11,13,27H,8-10H2,1-3H3,(H,24,28)(H,25,30). The molecule has 0 aliphatic rings. The van der Waals surface area contributed by atoms with E-state index in [-0.39, 0.29) is 19.0 Å². The Hall–Kier alpha value is -3.11. The quantitative estimate of drug-likeness (QED) is 0.524. The first-order valence-electron chi connectivity index (χ1n) is 9.42. The molecule has 11 heteroatoms. The molecule has 0 aliphatic heterocycles. The molecule has 2 amide bonds. The van der Waals surface area contributed by atoms with E-state index in [1.807, 2.05) is 0 Å². The van der Waals surface area contributed by atoms with Crippen molar-refractivity contribution in [3.63, 3.8) is 0 Å². The number of aliphatic hydroxyl groups is 1. The monoisotopic (exact) mass is 449 g/mol. The van der Waals surface area contributed by atoms with Gasteiger partial charge in [-0.1, -0.05) is 37.5 Å². The average Bonchev–Trinajstić information content (AvgIpc) is 2.68. The summed E-state index contributed by atoms with van der Waals surface area (Å²) >= 11 is 6.07. The molecule has 0 bridgehead atoms. The van der Waals surface area contributed by atoms with Crippen LogP contribution in [0.3, 0.4) is 0 Å². The van der Waals surface area contributed by atoms with Crippen LogP contribution in [0.2, 0.25) is 5.02 Å². The second kappa shape index (κ2) is 10.3. The Kier molecular flexibility index (Phi) is 8.01. The smallest absolute Gasteiger partial charge is 0.254 e. The van der Waals surface area contributed by atoms with E-state index >= 15 is 0 Å². The molecule has 0 saturated carbocycles. The molecule has 1 aromatic heterocycles. The zero-order valence-electron chi connectivity index (χ0n) is 17.4. The minimum Gasteiger partial charge on any atom is -0.394 e. The van der Waals surface area contributed by atoms with Gasteiger partial charge >= 0.3 is 0 Å². The zero-order chi connectivity index (χ0) is 23.2. The molecule has 31 heavy (non-hydrogen) atoms. The number of hydrogen-bond acceptors (Lipinski definition) is 7. The molecular formula is C20H24ClN5O5. The summed E-state index contributed by atoms with van der Waals surface area (Å²) in [4.78, 5) is 51.5. The van der Waals surface area contributed by atoms with Crippen LogP contribution in [-0.2, 0) is 16.1 Å². The molecule has 166 valence electrons. The summed E-state index contributed by atoms with van der Waals surface area (Å²) in [5.74, 6) is -0.812. The van der Waals surface area contributed by atoms with Gasteiger partial charge in [0, 0.05) is 22.1 Å². The Morgan fingerprint density at radius 3 is 2.58 bits per heavy atom. The maximum atomic E-state index is 12.5. The molecule has 2 aromatic rings. The zero-order valence-corrected chi connectivity index (χ0v) is 18.1. The van der Waals surface area contributed by atoms with Crippen LogP contribution in [0.4, 0.5) is 5.69 Å². The Balaban J connectivity index is 2.27. The van der Waals surface area contributed by atoms with Gasteiger partial charge in [0.25, 0.3) is 5.56 Å². The van der Waals surface area contributed by atoms with Gasteiger partial charge in [-0.3, -0.25) is 19.0 Å². The van der Waals surface area contributed by atoms with Crippen molar-refractivity contribution in [3.05, 3.63) is 50.9 Å². The van der Waals surface area contributed by atoms with E-state index in [4.69, 9.17) is 16.7 Å². The lowest BCUT2D eigenvalue weighted by Crippen LogP contribution is -2.42. The second-order valence-corrected chi connectivity index (χ2v) is 8.33. The predicted octanol–water partition coefficient (Wildman–Crippen LogP) is 1.79. The number of hydrogen-bond donors (Lipinski definition) is 3. The first kappa shape index (κ1) is 24.2. The van der Waals surface area contributed by atoms with Crippen molar-refractivity contribution in [2.24, 2.45) is 10.6 Å². The molecule has 3 N–H and O–H groups in total. The number of nitrogens with one attached hydrogen (secondary N) is 2. The number of benzene rings is 1. The maximum absolute atomic E-state index is 12.5. The number of halogens is 1. The summed E-state index contributed by atoms with van der Waals surface area (Å²) in [6.07, 6.45) is 1.20. The number of aromatic nitrogens is 2. The summed E-state index contributed by atoms with van der Waals surface area (Å²) in [6.45, 7) is 4.21. The van der Waals surface area contributed by atoms with E-state index in [1.165, 1.54) is 12.4 Å². The van der Waals surface area contributed by atoms with E-state index in [1.54, 1.807) is 39.0 Å². The second-order valence-electron chi connectivity index (χ2n) is 7.89. The van der Waals surface area contributed by atoms with Gasteiger partial charge in [-0.2, -0.15) is 4.91 Å². The highest BCUT2D eigenvalue weighted by molar-refractivity contribution is 6.31. The van der Waals surface area contributed by atoms with Crippen LogP contribution < -0.4 is 16.2 Å². The van der Waals surface area contributed by atoms with E-state index in [0.717, 1.165) is 4.57 Å². The van der Waals surface area contributed by atoms with Crippen molar-refractivity contribution in [1.29, 1.82) is 0 Å². The predicted molar refractivity (Wildman–Crippen MR) is 117 cm³/mol. The van der Waals surface area contributed by atoms with Crippen molar-refractivity contribution in [2.45, 2.75) is 33.4 Å². The third kappa shape index (κ3) is 6.69. The van der Waals surface area contributed by atoms with Gasteiger partial charge < -0.3 is 15.7 Å². The molecule has 0 radical (unpaired) electrons. The molecule has 1 heterocycles. The summed E-state index contributed by atoms with van der Waals surface area (Å²) < 4.78 is 1.07. The van der Waals surface area contributed by atoms with Gasteiger partial charge in [0.15, 0.2) is 0 Å². The number of carbonyl (C=O) groups is 2. The minimum atomic E-state index is -0.823. The highest BCUT2D eigenvalue weighted by atomic mass is 35.5. The van der Waals surface area contributed by atoms with Gasteiger partial charge in [0.1, 0.15) is 13.1 Å². The topological polar surface area (TPSA) is 143 Å². The summed E-state index contributed by atoms with van der Waals surface area (Å²) in [6, 6.07) is 5.23. The Labute approximate surface area is 183 Å². The Morgan fingerprint density at radius 2 is 2.00 bits per heavy atom. The van der Waals surface area contributed by atoms with Crippen molar-refractivity contribution >= 4 is 29.1 Å². The number of aliphatic hydroxyl groups excluding tert-OH is 1. The lowest BCUT2D eigenvalue weighted by molar-refractivity contribution is -0.123. The number of nitroso groups, excluding NO2 is 1. The number of nitrogens with zero attached hydrogens (tertiary/aromatic N) is 3. The summed E-state index contributed by atoms with van der Waals surface area (Å²) in [5, 5.41) is 17.4. The fourth-order valence-corrected chi connectivity index (χ4v) is 2.68. The first-order valence-corrected chi connectivity index (χ1v) is 9.80. The Morgan fingerprint density at radius 1 is 1.29 bits per heavy atom. The van der Waals surface area contributed by atoms with E-state index in [2.05, 4.69) is 20.8 Å². The summed E-state index contributed by atoms with van der Waals surface area (Å²) in [5.41, 5.74) is 0.0449. The van der Waals surface area contributed by atoms with Gasteiger partial charge in [0.2, 0.25) is 11.8 Å². The van der Waals surface area contributed by atoms with Crippen LogP contribution in [-0.4, -0.2) is 45.7 Å². The largest absolute Gasteiger partial charge is 0.394 e. The molecule has 0 spiro atoms. The third-order valence-corrected chi connectivity index (χ3v) is 4.50. The van der Waals surface area contributed by atoms with Gasteiger partial charge in [-0.15, -0.1) is 0 Å². The van der Waals surface area contributed by atoms with E-state index in [9.17, 15) is 19.3 Å². The fraction of sp³-hybridized carbons (Fsp3) is 0.400. The Bertz CT molecular complexity index is 1030. The average molecular weight is 450 g/mol. The minimum absolute atomic E-state index is 0.232. The lowest BCUT2D eigenvalue weighted by Gasteiger charge is -2.19. The van der Waals surface area contributed by atoms with Crippen LogP contribution in [0, 0.1) is 10.3 Å². The van der Waals surface area contributed by atoms with Crippen LogP contribution in [0.5, 0.6) is 0 Å². The van der Waals surface area contributed by atoms with E-state index < -0.39 is 29.5 Å². The number of anilines is 1. The molecule has 0 saturated heterocycles. The van der Waals surface area contributed by atoms with E-state index in [0.29, 0.717) is 22.0 Å². The molecule has 0 aliphatic carbocycles. The fourth-order valence-electron chi connectivity index (χ4n) is 2.51. The first-order chi connectivity index (χ1) is 14.5. The molecular weight excluding hydrogens is 426 g/mol. The SMILES string of the molecule is CC(C)(C)C(=O)Nc1cc(Cl)ccc1-c1cc(=O)n(CC(=O)NC(CO)CN=O)cn1. The molecule has 1 atom stereocenters.